The summed E-state index contributed by atoms with van der Waals surface area (Å²) in [6, 6.07) is 6.29. The summed E-state index contributed by atoms with van der Waals surface area (Å²) in [6.45, 7) is 3.66. The Bertz CT molecular complexity index is 325. The lowest BCUT2D eigenvalue weighted by atomic mass is 9.97. The molecule has 0 aliphatic carbocycles. The number of aryl methyl sites for hydroxylation is 1. The molecule has 1 aliphatic rings. The molecule has 0 unspecified atom stereocenters. The maximum Gasteiger partial charge on any atom is 0.0840 e. The average Bonchev–Trinajstić information content (AvgIpc) is 2.47. The highest BCUT2D eigenvalue weighted by molar-refractivity contribution is 7.99. The topological polar surface area (TPSA) is 20.2 Å². The van der Waals surface area contributed by atoms with E-state index in [1.54, 1.807) is 0 Å². The Kier molecular flexibility index (Phi) is 2.12. The maximum atomic E-state index is 9.81. The minimum absolute atomic E-state index is 0.710. The second-order valence-corrected chi connectivity index (χ2v) is 5.12. The molecular weight excluding hydrogens is 180 g/mol. The lowest BCUT2D eigenvalue weighted by Gasteiger charge is -2.18. The summed E-state index contributed by atoms with van der Waals surface area (Å²) in [5.41, 5.74) is 1.73. The van der Waals surface area contributed by atoms with Crippen LogP contribution in [0.3, 0.4) is 0 Å². The van der Waals surface area contributed by atoms with Gasteiger partial charge in [-0.1, -0.05) is 12.1 Å². The number of aliphatic hydroxyl groups is 1. The van der Waals surface area contributed by atoms with Crippen molar-refractivity contribution in [1.82, 2.24) is 0 Å². The molecule has 1 aliphatic heterocycles. The summed E-state index contributed by atoms with van der Waals surface area (Å²) in [4.78, 5) is 1.35. The van der Waals surface area contributed by atoms with Gasteiger partial charge in [0, 0.05) is 10.6 Å². The number of thioether (sulfide) groups is 1. The summed E-state index contributed by atoms with van der Waals surface area (Å²) >= 11 is 1.89. The van der Waals surface area contributed by atoms with E-state index in [0.717, 1.165) is 5.56 Å². The number of hydrogen-bond acceptors (Lipinski definition) is 2. The van der Waals surface area contributed by atoms with Gasteiger partial charge in [-0.15, -0.1) is 11.8 Å². The van der Waals surface area contributed by atoms with Crippen LogP contribution in [0.25, 0.3) is 0 Å². The number of rotatable bonds is 1. The molecule has 2 rings (SSSR count). The fourth-order valence-corrected chi connectivity index (χ4v) is 2.65. The Balaban J connectivity index is 2.42. The fraction of sp³-hybridized carbons (Fsp3) is 0.455. The molecule has 0 aromatic heterocycles. The van der Waals surface area contributed by atoms with Crippen LogP contribution in [0.1, 0.15) is 25.0 Å². The van der Waals surface area contributed by atoms with E-state index in [9.17, 15) is 5.11 Å². The zero-order valence-electron chi connectivity index (χ0n) is 8.00. The molecule has 13 heavy (non-hydrogen) atoms. The first-order valence-corrected chi connectivity index (χ1v) is 5.54. The van der Waals surface area contributed by atoms with Crippen LogP contribution in [0.4, 0.5) is 0 Å². The average molecular weight is 194 g/mol. The molecule has 0 saturated carbocycles. The number of hydrogen-bond donors (Lipinski definition) is 1. The number of fused-ring (bicyclic) bond motifs is 1. The smallest absolute Gasteiger partial charge is 0.0840 e. The molecule has 1 N–H and O–H groups in total. The monoisotopic (exact) mass is 194 g/mol. The second kappa shape index (κ2) is 3.03. The second-order valence-electron chi connectivity index (χ2n) is 3.98. The quantitative estimate of drug-likeness (QED) is 0.741. The van der Waals surface area contributed by atoms with E-state index < -0.39 is 5.60 Å². The third-order valence-corrected chi connectivity index (χ3v) is 3.50. The first-order valence-electron chi connectivity index (χ1n) is 4.56. The Morgan fingerprint density at radius 3 is 2.85 bits per heavy atom. The van der Waals surface area contributed by atoms with Gasteiger partial charge in [-0.3, -0.25) is 0 Å². The van der Waals surface area contributed by atoms with E-state index in [0.29, 0.717) is 0 Å². The van der Waals surface area contributed by atoms with Gasteiger partial charge >= 0.3 is 0 Å². The van der Waals surface area contributed by atoms with Crippen LogP contribution in [0.15, 0.2) is 23.1 Å². The van der Waals surface area contributed by atoms with Crippen LogP contribution in [-0.4, -0.2) is 10.9 Å². The Morgan fingerprint density at radius 1 is 1.38 bits per heavy atom. The summed E-state index contributed by atoms with van der Waals surface area (Å²) in [5.74, 6) is 1.19. The van der Waals surface area contributed by atoms with E-state index in [2.05, 4.69) is 12.1 Å². The Hall–Kier alpha value is -0.470. The molecule has 70 valence electrons. The molecule has 1 aromatic carbocycles. The van der Waals surface area contributed by atoms with Crippen LogP contribution in [-0.2, 0) is 12.0 Å². The molecule has 0 spiro atoms. The van der Waals surface area contributed by atoms with E-state index in [-0.39, 0.29) is 0 Å². The van der Waals surface area contributed by atoms with E-state index in [1.165, 1.54) is 22.6 Å². The molecule has 1 nitrogen and oxygen atoms in total. The SMILES string of the molecule is CC(C)(O)c1ccc2c(c1)SCC2. The molecule has 1 aromatic rings. The van der Waals surface area contributed by atoms with Gasteiger partial charge in [0.2, 0.25) is 0 Å². The van der Waals surface area contributed by atoms with Crippen molar-refractivity contribution in [1.29, 1.82) is 0 Å². The van der Waals surface area contributed by atoms with Crippen molar-refractivity contribution in [3.05, 3.63) is 29.3 Å². The summed E-state index contributed by atoms with van der Waals surface area (Å²) < 4.78 is 0. The Morgan fingerprint density at radius 2 is 2.15 bits per heavy atom. The first-order chi connectivity index (χ1) is 6.07. The molecule has 0 amide bonds. The van der Waals surface area contributed by atoms with Gasteiger partial charge in [0.15, 0.2) is 0 Å². The van der Waals surface area contributed by atoms with Gasteiger partial charge in [0.05, 0.1) is 5.60 Å². The molecule has 2 heteroatoms. The van der Waals surface area contributed by atoms with Gasteiger partial charge in [0.1, 0.15) is 0 Å². The van der Waals surface area contributed by atoms with Gasteiger partial charge in [-0.2, -0.15) is 0 Å². The van der Waals surface area contributed by atoms with Crippen molar-refractivity contribution < 1.29 is 5.11 Å². The lowest BCUT2D eigenvalue weighted by Crippen LogP contribution is -2.15. The summed E-state index contributed by atoms with van der Waals surface area (Å²) in [6.07, 6.45) is 1.17. The zero-order chi connectivity index (χ0) is 9.47. The van der Waals surface area contributed by atoms with E-state index in [4.69, 9.17) is 0 Å². The van der Waals surface area contributed by atoms with Crippen molar-refractivity contribution in [2.75, 3.05) is 5.75 Å². The van der Waals surface area contributed by atoms with Crippen molar-refractivity contribution in [3.63, 3.8) is 0 Å². The largest absolute Gasteiger partial charge is 0.386 e. The summed E-state index contributed by atoms with van der Waals surface area (Å²) in [7, 11) is 0. The highest BCUT2D eigenvalue weighted by atomic mass is 32.2. The minimum atomic E-state index is -0.710. The van der Waals surface area contributed by atoms with Crippen LogP contribution >= 0.6 is 11.8 Å². The van der Waals surface area contributed by atoms with Crippen LogP contribution < -0.4 is 0 Å². The van der Waals surface area contributed by atoms with E-state index >= 15 is 0 Å². The standard InChI is InChI=1S/C11H14OS/c1-11(2,12)9-4-3-8-5-6-13-10(8)7-9/h3-4,7,12H,5-6H2,1-2H3. The van der Waals surface area contributed by atoms with Gasteiger partial charge in [-0.05, 0) is 37.5 Å². The van der Waals surface area contributed by atoms with Crippen molar-refractivity contribution in [3.8, 4) is 0 Å². The van der Waals surface area contributed by atoms with Gasteiger partial charge in [-0.25, -0.2) is 0 Å². The maximum absolute atomic E-state index is 9.81. The van der Waals surface area contributed by atoms with Gasteiger partial charge in [0.25, 0.3) is 0 Å². The Labute approximate surface area is 83.2 Å². The fourth-order valence-electron chi connectivity index (χ4n) is 1.55. The van der Waals surface area contributed by atoms with Gasteiger partial charge < -0.3 is 5.11 Å². The minimum Gasteiger partial charge on any atom is -0.386 e. The molecule has 0 fully saturated rings. The molecule has 0 saturated heterocycles. The van der Waals surface area contributed by atoms with Crippen molar-refractivity contribution in [2.24, 2.45) is 0 Å². The summed E-state index contributed by atoms with van der Waals surface area (Å²) in [5, 5.41) is 9.81. The molecule has 0 radical (unpaired) electrons. The first kappa shape index (κ1) is 9.10. The third kappa shape index (κ3) is 1.74. The van der Waals surface area contributed by atoms with Crippen molar-refractivity contribution in [2.45, 2.75) is 30.8 Å². The third-order valence-electron chi connectivity index (χ3n) is 2.40. The molecular formula is C11H14OS. The highest BCUT2D eigenvalue weighted by Gasteiger charge is 2.19. The molecule has 0 bridgehead atoms. The predicted molar refractivity (Wildman–Crippen MR) is 56.1 cm³/mol. The zero-order valence-corrected chi connectivity index (χ0v) is 8.82. The molecule has 0 atom stereocenters. The van der Waals surface area contributed by atoms with Crippen LogP contribution in [0, 0.1) is 0 Å². The number of benzene rings is 1. The van der Waals surface area contributed by atoms with Crippen LogP contribution in [0.5, 0.6) is 0 Å². The lowest BCUT2D eigenvalue weighted by molar-refractivity contribution is 0.0783. The van der Waals surface area contributed by atoms with Crippen molar-refractivity contribution >= 4 is 11.8 Å². The predicted octanol–water partition coefficient (Wildman–Crippen LogP) is 2.56. The highest BCUT2D eigenvalue weighted by Crippen LogP contribution is 2.34. The van der Waals surface area contributed by atoms with Crippen LogP contribution in [0.2, 0.25) is 0 Å². The normalized spacial score (nSPS) is 15.9. The molecule has 1 heterocycles. The van der Waals surface area contributed by atoms with E-state index in [1.807, 2.05) is 31.7 Å².